The molecule has 0 N–H and O–H groups in total. The van der Waals surface area contributed by atoms with Crippen molar-refractivity contribution in [1.82, 2.24) is 0 Å². The first-order chi connectivity index (χ1) is 20.7. The molecule has 2 aliphatic rings. The van der Waals surface area contributed by atoms with E-state index in [-0.39, 0.29) is 6.71 Å². The summed E-state index contributed by atoms with van der Waals surface area (Å²) < 4.78 is 7.70. The van der Waals surface area contributed by atoms with Crippen LogP contribution in [-0.4, -0.2) is 6.71 Å². The van der Waals surface area contributed by atoms with Gasteiger partial charge in [-0.15, -0.1) is 11.3 Å². The summed E-state index contributed by atoms with van der Waals surface area (Å²) >= 11 is 1.86. The number of nitrogens with zero attached hydrogens (tertiary/aromatic N) is 2. The fraction of sp³-hybridized carbons (Fsp3) is 0.0270. The van der Waals surface area contributed by atoms with E-state index in [2.05, 4.69) is 144 Å². The van der Waals surface area contributed by atoms with Crippen molar-refractivity contribution in [2.45, 2.75) is 6.92 Å². The summed E-state index contributed by atoms with van der Waals surface area (Å²) in [5.41, 5.74) is 13.0. The van der Waals surface area contributed by atoms with E-state index in [9.17, 15) is 0 Å². The quantitative estimate of drug-likeness (QED) is 0.203. The Bertz CT molecular complexity index is 2120. The Hall–Kier alpha value is -5.00. The van der Waals surface area contributed by atoms with Crippen LogP contribution >= 0.6 is 11.3 Å². The molecule has 0 spiro atoms. The van der Waals surface area contributed by atoms with Gasteiger partial charge in [0.15, 0.2) is 0 Å². The standard InChI is InChI=1S/C37H25BN2OS/c1-24-19-32-36-33(20-24)40(28-15-9-4-10-16-28)31-23-35-26(22-34(42-35)25-11-5-2-6-12-25)21-29(31)38(36)37-30(17-18-41-37)39(32)27-13-7-3-8-14-27/h2-23H,1H3. The van der Waals surface area contributed by atoms with Gasteiger partial charge in [0.1, 0.15) is 0 Å². The molecule has 0 unspecified atom stereocenters. The molecule has 4 heterocycles. The van der Waals surface area contributed by atoms with Crippen LogP contribution < -0.4 is 26.4 Å². The Kier molecular flexibility index (Phi) is 5.08. The van der Waals surface area contributed by atoms with E-state index in [1.54, 1.807) is 0 Å². The zero-order chi connectivity index (χ0) is 27.8. The van der Waals surface area contributed by atoms with E-state index in [4.69, 9.17) is 4.42 Å². The van der Waals surface area contributed by atoms with Crippen LogP contribution in [0.3, 0.4) is 0 Å². The Labute approximate surface area is 249 Å². The Morgan fingerprint density at radius 3 is 1.90 bits per heavy atom. The third-order valence-corrected chi connectivity index (χ3v) is 9.68. The molecule has 198 valence electrons. The molecule has 7 aromatic rings. The molecule has 3 nitrogen and oxygen atoms in total. The van der Waals surface area contributed by atoms with Crippen LogP contribution in [-0.2, 0) is 0 Å². The maximum atomic E-state index is 6.41. The van der Waals surface area contributed by atoms with Crippen molar-refractivity contribution in [2.75, 3.05) is 9.80 Å². The van der Waals surface area contributed by atoms with Gasteiger partial charge in [0.25, 0.3) is 6.71 Å². The predicted molar refractivity (Wildman–Crippen MR) is 178 cm³/mol. The predicted octanol–water partition coefficient (Wildman–Crippen LogP) is 8.55. The number of para-hydroxylation sites is 2. The molecule has 0 radical (unpaired) electrons. The molecule has 5 heteroatoms. The molecule has 0 saturated heterocycles. The first-order valence-corrected chi connectivity index (χ1v) is 15.1. The summed E-state index contributed by atoms with van der Waals surface area (Å²) in [5, 5.41) is 1.27. The molecule has 0 bridgehead atoms. The largest absolute Gasteiger partial charge is 0.476 e. The lowest BCUT2D eigenvalue weighted by molar-refractivity contribution is 0.600. The van der Waals surface area contributed by atoms with Crippen molar-refractivity contribution in [1.29, 1.82) is 0 Å². The van der Waals surface area contributed by atoms with Crippen LogP contribution in [0.4, 0.5) is 34.1 Å². The monoisotopic (exact) mass is 556 g/mol. The number of hydrogen-bond donors (Lipinski definition) is 0. The van der Waals surface area contributed by atoms with Gasteiger partial charge in [-0.2, -0.15) is 0 Å². The number of benzene rings is 5. The molecule has 0 saturated carbocycles. The maximum absolute atomic E-state index is 6.41. The topological polar surface area (TPSA) is 19.6 Å². The maximum Gasteiger partial charge on any atom is 0.297 e. The van der Waals surface area contributed by atoms with Gasteiger partial charge >= 0.3 is 0 Å². The van der Waals surface area contributed by atoms with Gasteiger partial charge in [-0.3, -0.25) is 0 Å². The molecule has 5 aromatic carbocycles. The number of fused-ring (bicyclic) bond motifs is 5. The summed E-state index contributed by atoms with van der Waals surface area (Å²) in [4.78, 5) is 6.10. The fourth-order valence-electron chi connectivity index (χ4n) is 6.80. The molecular formula is C37H25BN2OS. The molecule has 0 fully saturated rings. The SMILES string of the molecule is Cc1cc2c3c(c1)N(c1ccccc1)c1ccoc1B3c1cc3cc(-c4ccccc4)sc3cc1N2c1ccccc1. The van der Waals surface area contributed by atoms with Gasteiger partial charge in [-0.25, -0.2) is 0 Å². The molecular weight excluding hydrogens is 531 g/mol. The van der Waals surface area contributed by atoms with Gasteiger partial charge in [-0.1, -0.05) is 72.8 Å². The van der Waals surface area contributed by atoms with Crippen LogP contribution in [0.5, 0.6) is 0 Å². The first-order valence-electron chi connectivity index (χ1n) is 14.3. The molecule has 2 aliphatic heterocycles. The third-order valence-electron chi connectivity index (χ3n) is 8.53. The van der Waals surface area contributed by atoms with E-state index in [1.807, 2.05) is 17.6 Å². The molecule has 42 heavy (non-hydrogen) atoms. The second kappa shape index (κ2) is 9.00. The van der Waals surface area contributed by atoms with E-state index in [1.165, 1.54) is 54.1 Å². The van der Waals surface area contributed by atoms with Crippen molar-refractivity contribution in [3.63, 3.8) is 0 Å². The number of furan rings is 1. The Morgan fingerprint density at radius 1 is 0.619 bits per heavy atom. The molecule has 2 aromatic heterocycles. The fourth-order valence-corrected chi connectivity index (χ4v) is 7.88. The molecule has 9 rings (SSSR count). The average Bonchev–Trinajstić information content (AvgIpc) is 3.68. The van der Waals surface area contributed by atoms with Gasteiger partial charge in [0, 0.05) is 38.0 Å². The molecule has 0 amide bonds. The minimum Gasteiger partial charge on any atom is -0.476 e. The van der Waals surface area contributed by atoms with Gasteiger partial charge in [0.05, 0.1) is 17.6 Å². The second-order valence-corrected chi connectivity index (χ2v) is 12.2. The van der Waals surface area contributed by atoms with E-state index >= 15 is 0 Å². The summed E-state index contributed by atoms with van der Waals surface area (Å²) in [6.07, 6.45) is 1.85. The van der Waals surface area contributed by atoms with Gasteiger partial charge < -0.3 is 14.2 Å². The van der Waals surface area contributed by atoms with Gasteiger partial charge in [-0.05, 0) is 89.0 Å². The van der Waals surface area contributed by atoms with Crippen molar-refractivity contribution in [2.24, 2.45) is 0 Å². The third kappa shape index (κ3) is 3.41. The van der Waals surface area contributed by atoms with E-state index in [0.717, 1.165) is 22.7 Å². The van der Waals surface area contributed by atoms with Crippen molar-refractivity contribution < 1.29 is 4.42 Å². The van der Waals surface area contributed by atoms with Crippen molar-refractivity contribution >= 4 is 78.8 Å². The van der Waals surface area contributed by atoms with Crippen molar-refractivity contribution in [3.8, 4) is 10.4 Å². The number of aryl methyl sites for hydroxylation is 1. The van der Waals surface area contributed by atoms with Crippen LogP contribution in [0.2, 0.25) is 0 Å². The van der Waals surface area contributed by atoms with Gasteiger partial charge in [0.2, 0.25) is 0 Å². The van der Waals surface area contributed by atoms with Crippen LogP contribution in [0.1, 0.15) is 5.56 Å². The van der Waals surface area contributed by atoms with E-state index in [0.29, 0.717) is 0 Å². The second-order valence-electron chi connectivity index (χ2n) is 11.1. The molecule has 0 aliphatic carbocycles. The van der Waals surface area contributed by atoms with E-state index < -0.39 is 0 Å². The summed E-state index contributed by atoms with van der Waals surface area (Å²) in [6, 6.07) is 46.0. The first kappa shape index (κ1) is 23.7. The number of rotatable bonds is 3. The lowest BCUT2D eigenvalue weighted by Crippen LogP contribution is -2.61. The smallest absolute Gasteiger partial charge is 0.297 e. The minimum atomic E-state index is -0.0139. The lowest BCUT2D eigenvalue weighted by Gasteiger charge is -2.42. The van der Waals surface area contributed by atoms with Crippen LogP contribution in [0.25, 0.3) is 20.5 Å². The Balaban J connectivity index is 1.36. The Morgan fingerprint density at radius 2 is 1.24 bits per heavy atom. The number of hydrogen-bond acceptors (Lipinski definition) is 4. The van der Waals surface area contributed by atoms with Crippen LogP contribution in [0, 0.1) is 6.92 Å². The summed E-state index contributed by atoms with van der Waals surface area (Å²) in [6.45, 7) is 2.19. The highest BCUT2D eigenvalue weighted by Crippen LogP contribution is 2.46. The highest BCUT2D eigenvalue weighted by atomic mass is 32.1. The normalized spacial score (nSPS) is 13.2. The summed E-state index contributed by atoms with van der Waals surface area (Å²) in [7, 11) is 0. The van der Waals surface area contributed by atoms with Crippen molar-refractivity contribution in [3.05, 3.63) is 139 Å². The minimum absolute atomic E-state index is 0.0139. The highest BCUT2D eigenvalue weighted by Gasteiger charge is 2.45. The zero-order valence-electron chi connectivity index (χ0n) is 23.0. The number of thiophene rings is 1. The average molecular weight is 556 g/mol. The zero-order valence-corrected chi connectivity index (χ0v) is 23.8. The number of anilines is 6. The summed E-state index contributed by atoms with van der Waals surface area (Å²) in [5.74, 6) is 0. The van der Waals surface area contributed by atoms with Crippen LogP contribution in [0.15, 0.2) is 138 Å². The lowest BCUT2D eigenvalue weighted by atomic mass is 9.35. The molecule has 0 atom stereocenters. The highest BCUT2D eigenvalue weighted by molar-refractivity contribution is 7.22.